The predicted molar refractivity (Wildman–Crippen MR) is 90.6 cm³/mol. The summed E-state index contributed by atoms with van der Waals surface area (Å²) in [7, 11) is 1.53. The van der Waals surface area contributed by atoms with E-state index < -0.39 is 5.97 Å². The summed E-state index contributed by atoms with van der Waals surface area (Å²) in [6.45, 7) is 5.86. The van der Waals surface area contributed by atoms with Crippen LogP contribution in [0.3, 0.4) is 0 Å². The zero-order valence-corrected chi connectivity index (χ0v) is 14.1. The Bertz CT molecular complexity index is 900. The van der Waals surface area contributed by atoms with Gasteiger partial charge in [-0.2, -0.15) is 5.10 Å². The zero-order valence-electron chi connectivity index (χ0n) is 14.1. The van der Waals surface area contributed by atoms with E-state index in [1.54, 1.807) is 37.4 Å². The van der Waals surface area contributed by atoms with E-state index in [9.17, 15) is 4.79 Å². The van der Waals surface area contributed by atoms with Crippen molar-refractivity contribution in [1.29, 1.82) is 0 Å². The van der Waals surface area contributed by atoms with Crippen LogP contribution in [-0.2, 0) is 0 Å². The summed E-state index contributed by atoms with van der Waals surface area (Å²) >= 11 is 0. The number of hydrogen-bond acceptors (Lipinski definition) is 5. The number of carbonyl (C=O) groups is 1. The number of esters is 1. The normalized spacial score (nSPS) is 11.0. The average molecular weight is 325 g/mol. The second kappa shape index (κ2) is 6.31. The Hall–Kier alpha value is -2.89. The quantitative estimate of drug-likeness (QED) is 0.542. The summed E-state index contributed by atoms with van der Waals surface area (Å²) in [6.07, 6.45) is 1.71. The molecule has 0 atom stereocenters. The lowest BCUT2D eigenvalue weighted by molar-refractivity contribution is 0.0728. The first-order valence-corrected chi connectivity index (χ1v) is 7.71. The van der Waals surface area contributed by atoms with Crippen molar-refractivity contribution in [2.45, 2.75) is 26.8 Å². The van der Waals surface area contributed by atoms with Gasteiger partial charge in [0.25, 0.3) is 0 Å². The van der Waals surface area contributed by atoms with Crippen LogP contribution in [0.4, 0.5) is 0 Å². The van der Waals surface area contributed by atoms with E-state index in [1.165, 1.54) is 7.11 Å². The van der Waals surface area contributed by atoms with Gasteiger partial charge in [0.1, 0.15) is 0 Å². The Labute approximate surface area is 140 Å². The molecule has 0 amide bonds. The molecule has 2 heterocycles. The summed E-state index contributed by atoms with van der Waals surface area (Å²) < 4.78 is 12.5. The number of ether oxygens (including phenoxy) is 2. The number of aromatic nitrogens is 3. The zero-order chi connectivity index (χ0) is 17.3. The van der Waals surface area contributed by atoms with Gasteiger partial charge in [-0.25, -0.2) is 14.5 Å². The fourth-order valence-corrected chi connectivity index (χ4v) is 2.51. The van der Waals surface area contributed by atoms with Gasteiger partial charge in [0.2, 0.25) is 0 Å². The van der Waals surface area contributed by atoms with Crippen molar-refractivity contribution in [2.24, 2.45) is 0 Å². The van der Waals surface area contributed by atoms with E-state index in [4.69, 9.17) is 9.47 Å². The minimum Gasteiger partial charge on any atom is -0.493 e. The molecule has 24 heavy (non-hydrogen) atoms. The number of nitrogens with zero attached hydrogens (tertiary/aromatic N) is 3. The number of rotatable bonds is 4. The van der Waals surface area contributed by atoms with E-state index >= 15 is 0 Å². The van der Waals surface area contributed by atoms with Crippen molar-refractivity contribution in [2.75, 3.05) is 7.11 Å². The molecule has 6 heteroatoms. The first-order chi connectivity index (χ1) is 11.5. The molecule has 0 aliphatic heterocycles. The molecule has 0 aliphatic carbocycles. The molecule has 1 aromatic carbocycles. The number of benzene rings is 1. The molecule has 3 aromatic rings. The van der Waals surface area contributed by atoms with Crippen LogP contribution in [0.5, 0.6) is 11.5 Å². The lowest BCUT2D eigenvalue weighted by Crippen LogP contribution is -2.12. The smallest absolute Gasteiger partial charge is 0.345 e. The molecule has 0 bridgehead atoms. The molecule has 0 saturated carbocycles. The molecule has 0 fully saturated rings. The minimum absolute atomic E-state index is 0.195. The van der Waals surface area contributed by atoms with Crippen molar-refractivity contribution in [3.63, 3.8) is 0 Å². The van der Waals surface area contributed by atoms with Crippen LogP contribution in [0, 0.1) is 6.92 Å². The Morgan fingerprint density at radius 1 is 1.21 bits per heavy atom. The largest absolute Gasteiger partial charge is 0.493 e. The third kappa shape index (κ3) is 2.82. The van der Waals surface area contributed by atoms with Gasteiger partial charge >= 0.3 is 5.97 Å². The molecule has 3 rings (SSSR count). The molecule has 0 radical (unpaired) electrons. The van der Waals surface area contributed by atoms with Crippen LogP contribution >= 0.6 is 0 Å². The second-order valence-electron chi connectivity index (χ2n) is 5.76. The average Bonchev–Trinajstić information content (AvgIpc) is 2.97. The summed E-state index contributed by atoms with van der Waals surface area (Å²) in [4.78, 5) is 17.1. The van der Waals surface area contributed by atoms with Gasteiger partial charge in [-0.3, -0.25) is 0 Å². The summed E-state index contributed by atoms with van der Waals surface area (Å²) in [5.41, 5.74) is 1.78. The number of carbonyl (C=O) groups excluding carboxylic acids is 1. The lowest BCUT2D eigenvalue weighted by Gasteiger charge is -2.11. The first-order valence-electron chi connectivity index (χ1n) is 7.71. The minimum atomic E-state index is -0.469. The molecular weight excluding hydrogens is 306 g/mol. The van der Waals surface area contributed by atoms with Gasteiger partial charge in [-0.1, -0.05) is 12.1 Å². The first kappa shape index (κ1) is 16.0. The molecule has 0 aliphatic rings. The van der Waals surface area contributed by atoms with Crippen molar-refractivity contribution in [3.8, 4) is 11.5 Å². The molecule has 2 aromatic heterocycles. The third-order valence-corrected chi connectivity index (χ3v) is 3.74. The predicted octanol–water partition coefficient (Wildman–Crippen LogP) is 3.55. The monoisotopic (exact) mass is 325 g/mol. The maximum absolute atomic E-state index is 12.5. The number of hydrogen-bond donors (Lipinski definition) is 0. The van der Waals surface area contributed by atoms with Crippen LogP contribution in [0.25, 0.3) is 11.0 Å². The standard InChI is InChI=1S/C18H19N3O3/c1-11(2)21-17-13(10-19-21)9-14(12(3)20-17)18(22)24-16-8-6-5-7-15(16)23-4/h5-11H,1-4H3. The van der Waals surface area contributed by atoms with Crippen LogP contribution in [-0.4, -0.2) is 27.8 Å². The van der Waals surface area contributed by atoms with Gasteiger partial charge in [-0.05, 0) is 39.0 Å². The Morgan fingerprint density at radius 2 is 1.92 bits per heavy atom. The fraction of sp³-hybridized carbons (Fsp3) is 0.278. The molecule has 6 nitrogen and oxygen atoms in total. The highest BCUT2D eigenvalue weighted by atomic mass is 16.6. The number of aryl methyl sites for hydroxylation is 1. The van der Waals surface area contributed by atoms with Crippen LogP contribution in [0.2, 0.25) is 0 Å². The third-order valence-electron chi connectivity index (χ3n) is 3.74. The number of pyridine rings is 1. The van der Waals surface area contributed by atoms with E-state index in [-0.39, 0.29) is 6.04 Å². The van der Waals surface area contributed by atoms with Crippen molar-refractivity contribution >= 4 is 17.0 Å². The highest BCUT2D eigenvalue weighted by molar-refractivity contribution is 5.95. The van der Waals surface area contributed by atoms with Gasteiger partial charge in [0.15, 0.2) is 17.1 Å². The van der Waals surface area contributed by atoms with E-state index in [0.717, 1.165) is 11.0 Å². The summed E-state index contributed by atoms with van der Waals surface area (Å²) in [5.74, 6) is 0.413. The maximum Gasteiger partial charge on any atom is 0.345 e. The lowest BCUT2D eigenvalue weighted by atomic mass is 10.1. The van der Waals surface area contributed by atoms with Crippen molar-refractivity contribution in [3.05, 3.63) is 47.8 Å². The van der Waals surface area contributed by atoms with Gasteiger partial charge < -0.3 is 9.47 Å². The Balaban J connectivity index is 1.97. The number of methoxy groups -OCH3 is 1. The Morgan fingerprint density at radius 3 is 2.58 bits per heavy atom. The highest BCUT2D eigenvalue weighted by Gasteiger charge is 2.18. The van der Waals surface area contributed by atoms with Crippen LogP contribution in [0.15, 0.2) is 36.5 Å². The Kier molecular flexibility index (Phi) is 4.20. The molecule has 124 valence electrons. The molecule has 0 saturated heterocycles. The van der Waals surface area contributed by atoms with Gasteiger partial charge in [0, 0.05) is 11.4 Å². The summed E-state index contributed by atoms with van der Waals surface area (Å²) in [6, 6.07) is 8.99. The van der Waals surface area contributed by atoms with Gasteiger partial charge in [-0.15, -0.1) is 0 Å². The maximum atomic E-state index is 12.5. The van der Waals surface area contributed by atoms with E-state index in [1.807, 2.05) is 24.6 Å². The molecule has 0 spiro atoms. The van der Waals surface area contributed by atoms with Crippen LogP contribution < -0.4 is 9.47 Å². The fourth-order valence-electron chi connectivity index (χ4n) is 2.51. The molecule has 0 N–H and O–H groups in total. The number of para-hydroxylation sites is 2. The van der Waals surface area contributed by atoms with Crippen molar-refractivity contribution in [1.82, 2.24) is 14.8 Å². The second-order valence-corrected chi connectivity index (χ2v) is 5.76. The highest BCUT2D eigenvalue weighted by Crippen LogP contribution is 2.27. The summed E-state index contributed by atoms with van der Waals surface area (Å²) in [5, 5.41) is 5.14. The topological polar surface area (TPSA) is 66.2 Å². The van der Waals surface area contributed by atoms with Crippen LogP contribution in [0.1, 0.15) is 35.9 Å². The number of fused-ring (bicyclic) bond motifs is 1. The SMILES string of the molecule is COc1ccccc1OC(=O)c1cc2cnn(C(C)C)c2nc1C. The van der Waals surface area contributed by atoms with Crippen molar-refractivity contribution < 1.29 is 14.3 Å². The molecular formula is C18H19N3O3. The van der Waals surface area contributed by atoms with Gasteiger partial charge in [0.05, 0.1) is 24.6 Å². The molecule has 0 unspecified atom stereocenters. The van der Waals surface area contributed by atoms with E-state index in [2.05, 4.69) is 10.1 Å². The van der Waals surface area contributed by atoms with E-state index in [0.29, 0.717) is 22.8 Å².